The average molecular weight is 622 g/mol. The summed E-state index contributed by atoms with van der Waals surface area (Å²) < 4.78 is 16.0. The molecule has 0 spiro atoms. The second-order valence-electron chi connectivity index (χ2n) is 13.3. The number of piperidine rings is 1. The van der Waals surface area contributed by atoms with E-state index in [-0.39, 0.29) is 29.2 Å². The van der Waals surface area contributed by atoms with Gasteiger partial charge in [0.1, 0.15) is 30.3 Å². The van der Waals surface area contributed by atoms with Crippen molar-refractivity contribution in [1.29, 1.82) is 0 Å². The van der Waals surface area contributed by atoms with Crippen molar-refractivity contribution in [3.8, 4) is 0 Å². The van der Waals surface area contributed by atoms with Crippen molar-refractivity contribution in [2.45, 2.75) is 102 Å². The highest BCUT2D eigenvalue weighted by atomic mass is 35.5. The van der Waals surface area contributed by atoms with Gasteiger partial charge in [-0.15, -0.1) is 0 Å². The van der Waals surface area contributed by atoms with Crippen LogP contribution in [-0.4, -0.2) is 61.8 Å². The minimum absolute atomic E-state index is 0.0902. The Morgan fingerprint density at radius 3 is 2.39 bits per heavy atom. The van der Waals surface area contributed by atoms with E-state index in [2.05, 4.69) is 24.9 Å². The van der Waals surface area contributed by atoms with Crippen molar-refractivity contribution in [2.24, 2.45) is 17.1 Å². The van der Waals surface area contributed by atoms with Crippen LogP contribution in [0.15, 0.2) is 55.2 Å². The Bertz CT molecular complexity index is 1330. The number of hydrogen-bond donors (Lipinski definition) is 1. The highest BCUT2D eigenvalue weighted by Crippen LogP contribution is 2.47. The maximum absolute atomic E-state index is 14.8. The Labute approximate surface area is 265 Å². The van der Waals surface area contributed by atoms with Crippen LogP contribution < -0.4 is 10.6 Å². The summed E-state index contributed by atoms with van der Waals surface area (Å²) >= 11 is 6.23. The van der Waals surface area contributed by atoms with Crippen LogP contribution in [0, 0.1) is 17.2 Å². The Hall–Kier alpha value is -3.04. The molecule has 0 unspecified atom stereocenters. The number of nitrogens with zero attached hydrogens (tertiary/aromatic N) is 6. The highest BCUT2D eigenvalue weighted by Gasteiger charge is 2.45. The minimum atomic E-state index is -0.481. The predicted octanol–water partition coefficient (Wildman–Crippen LogP) is 6.04. The molecule has 1 saturated heterocycles. The smallest absolute Gasteiger partial charge is 0.245 e. The molecule has 0 bridgehead atoms. The number of pyridine rings is 1. The molecule has 3 aromatic rings. The monoisotopic (exact) mass is 621 g/mol. The molecule has 2 aliphatic carbocycles. The first kappa shape index (κ1) is 31.0. The van der Waals surface area contributed by atoms with Gasteiger partial charge in [0.2, 0.25) is 5.91 Å². The summed E-state index contributed by atoms with van der Waals surface area (Å²) in [6.45, 7) is 2.27. The molecule has 10 heteroatoms. The fraction of sp³-hybridized carbons (Fsp3) is 0.588. The Morgan fingerprint density at radius 1 is 1.02 bits per heavy atom. The van der Waals surface area contributed by atoms with E-state index in [4.69, 9.17) is 17.3 Å². The molecular formula is C34H45ClFN7O. The number of likely N-dealkylation sites (tertiary alicyclic amines) is 1. The molecule has 2 saturated carbocycles. The summed E-state index contributed by atoms with van der Waals surface area (Å²) in [5, 5.41) is 5.14. The number of carbonyl (C=O) groups is 1. The van der Waals surface area contributed by atoms with Gasteiger partial charge in [0.05, 0.1) is 6.20 Å². The Balaban J connectivity index is 1.29. The first-order valence-corrected chi connectivity index (χ1v) is 16.8. The molecule has 1 atom stereocenters. The van der Waals surface area contributed by atoms with Gasteiger partial charge >= 0.3 is 0 Å². The molecule has 236 valence electrons. The van der Waals surface area contributed by atoms with E-state index in [0.29, 0.717) is 36.3 Å². The van der Waals surface area contributed by atoms with Crippen molar-refractivity contribution >= 4 is 23.3 Å². The zero-order chi connectivity index (χ0) is 30.5. The lowest BCUT2D eigenvalue weighted by Crippen LogP contribution is -2.57. The van der Waals surface area contributed by atoms with Crippen molar-refractivity contribution in [3.05, 3.63) is 71.7 Å². The summed E-state index contributed by atoms with van der Waals surface area (Å²) in [5.74, 6) is 0.995. The van der Waals surface area contributed by atoms with Crippen molar-refractivity contribution in [3.63, 3.8) is 0 Å². The standard InChI is InChI=1S/C34H45ClFN7O/c35-27-8-6-25(7-9-27)20-31(43(30-13-11-29(37)12-14-30)32-15-10-28(36)21-39-32)33(44)41-18-16-34(17-19-41,22-42-24-38-23-40-42)26-4-2-1-3-5-26/h6-10,15,21,23-24,26,29-31H,1-5,11-14,16-20,22,37H2/t29-,30+,31-/m1/s1. The van der Waals surface area contributed by atoms with E-state index in [1.54, 1.807) is 12.4 Å². The van der Waals surface area contributed by atoms with Gasteiger partial charge in [-0.2, -0.15) is 5.10 Å². The first-order valence-electron chi connectivity index (χ1n) is 16.4. The summed E-state index contributed by atoms with van der Waals surface area (Å²) in [6.07, 6.45) is 17.0. The normalized spacial score (nSPS) is 23.3. The van der Waals surface area contributed by atoms with Crippen LogP contribution in [0.3, 0.4) is 0 Å². The number of aromatic nitrogens is 4. The first-order chi connectivity index (χ1) is 21.4. The van der Waals surface area contributed by atoms with E-state index in [1.165, 1.54) is 44.4 Å². The fourth-order valence-electron chi connectivity index (χ4n) is 8.08. The van der Waals surface area contributed by atoms with Crippen LogP contribution in [0.1, 0.15) is 76.2 Å². The van der Waals surface area contributed by atoms with E-state index in [1.807, 2.05) is 35.3 Å². The van der Waals surface area contributed by atoms with Gasteiger partial charge in [-0.25, -0.2) is 14.4 Å². The number of rotatable bonds is 9. The van der Waals surface area contributed by atoms with Crippen LogP contribution in [0.25, 0.3) is 0 Å². The van der Waals surface area contributed by atoms with Gasteiger partial charge in [0.25, 0.3) is 0 Å². The molecule has 6 rings (SSSR count). The maximum Gasteiger partial charge on any atom is 0.245 e. The van der Waals surface area contributed by atoms with E-state index < -0.39 is 6.04 Å². The van der Waals surface area contributed by atoms with Gasteiger partial charge in [-0.05, 0) is 92.5 Å². The van der Waals surface area contributed by atoms with E-state index in [9.17, 15) is 9.18 Å². The predicted molar refractivity (Wildman–Crippen MR) is 171 cm³/mol. The molecule has 2 aromatic heterocycles. The number of halogens is 2. The van der Waals surface area contributed by atoms with Crippen LogP contribution >= 0.6 is 11.6 Å². The molecule has 1 aromatic carbocycles. The molecule has 1 amide bonds. The lowest BCUT2D eigenvalue weighted by molar-refractivity contribution is -0.136. The van der Waals surface area contributed by atoms with E-state index >= 15 is 0 Å². The number of carbonyl (C=O) groups excluding carboxylic acids is 1. The lowest BCUT2D eigenvalue weighted by atomic mass is 9.63. The lowest BCUT2D eigenvalue weighted by Gasteiger charge is -2.49. The number of amides is 1. The van der Waals surface area contributed by atoms with Crippen molar-refractivity contribution in [2.75, 3.05) is 18.0 Å². The van der Waals surface area contributed by atoms with E-state index in [0.717, 1.165) is 50.6 Å². The second kappa shape index (κ2) is 13.9. The molecule has 44 heavy (non-hydrogen) atoms. The Kier molecular flexibility index (Phi) is 9.81. The number of nitrogens with two attached hydrogens (primary N) is 1. The van der Waals surface area contributed by atoms with Crippen LogP contribution in [0.4, 0.5) is 10.2 Å². The van der Waals surface area contributed by atoms with Crippen molar-refractivity contribution < 1.29 is 9.18 Å². The van der Waals surface area contributed by atoms with Crippen LogP contribution in [-0.2, 0) is 17.8 Å². The minimum Gasteiger partial charge on any atom is -0.341 e. The van der Waals surface area contributed by atoms with Crippen LogP contribution in [0.5, 0.6) is 0 Å². The third-order valence-corrected chi connectivity index (χ3v) is 10.8. The van der Waals surface area contributed by atoms with Crippen molar-refractivity contribution in [1.82, 2.24) is 24.6 Å². The number of hydrogen-bond acceptors (Lipinski definition) is 6. The molecule has 8 nitrogen and oxygen atoms in total. The zero-order valence-electron chi connectivity index (χ0n) is 25.5. The Morgan fingerprint density at radius 2 is 1.75 bits per heavy atom. The van der Waals surface area contributed by atoms with Gasteiger partial charge in [-0.3, -0.25) is 9.48 Å². The highest BCUT2D eigenvalue weighted by molar-refractivity contribution is 6.30. The molecule has 3 aliphatic rings. The fourth-order valence-corrected chi connectivity index (χ4v) is 8.21. The summed E-state index contributed by atoms with van der Waals surface area (Å²) in [6, 6.07) is 10.7. The zero-order valence-corrected chi connectivity index (χ0v) is 26.3. The number of anilines is 1. The largest absolute Gasteiger partial charge is 0.341 e. The molecule has 1 aliphatic heterocycles. The third kappa shape index (κ3) is 7.09. The second-order valence-corrected chi connectivity index (χ2v) is 13.7. The van der Waals surface area contributed by atoms with Gasteiger partial charge in [0, 0.05) is 43.2 Å². The van der Waals surface area contributed by atoms with Crippen LogP contribution in [0.2, 0.25) is 5.02 Å². The van der Waals surface area contributed by atoms with Gasteiger partial charge < -0.3 is 15.5 Å². The summed E-state index contributed by atoms with van der Waals surface area (Å²) in [4.78, 5) is 27.8. The van der Waals surface area contributed by atoms with Gasteiger partial charge in [0.15, 0.2) is 0 Å². The molecule has 2 N–H and O–H groups in total. The molecule has 3 fully saturated rings. The maximum atomic E-state index is 14.8. The average Bonchev–Trinajstić information content (AvgIpc) is 3.57. The third-order valence-electron chi connectivity index (χ3n) is 10.6. The summed E-state index contributed by atoms with van der Waals surface area (Å²) in [7, 11) is 0. The van der Waals surface area contributed by atoms with Gasteiger partial charge in [-0.1, -0.05) is 43.0 Å². The topological polar surface area (TPSA) is 93.2 Å². The molecule has 0 radical (unpaired) electrons. The quantitative estimate of drug-likeness (QED) is 0.313. The SMILES string of the molecule is N[C@H]1CC[C@@H](N(c2ccc(F)cn2)[C@H](Cc2ccc(Cl)cc2)C(=O)N2CCC(Cn3cncn3)(C3CCCCC3)CC2)CC1. The summed E-state index contributed by atoms with van der Waals surface area (Å²) in [5.41, 5.74) is 7.44. The molecular weight excluding hydrogens is 577 g/mol. The molecule has 3 heterocycles. The number of benzene rings is 1.